The van der Waals surface area contributed by atoms with Crippen LogP contribution < -0.4 is 5.32 Å². The van der Waals surface area contributed by atoms with E-state index in [-0.39, 0.29) is 35.9 Å². The maximum atomic E-state index is 12.0. The number of piperidine rings is 1. The number of esters is 1. The molecule has 1 aliphatic rings. The number of nitrogens with one attached hydrogen (secondary N) is 1. The fourth-order valence-corrected chi connectivity index (χ4v) is 3.46. The van der Waals surface area contributed by atoms with E-state index in [2.05, 4.69) is 32.5 Å². The van der Waals surface area contributed by atoms with Gasteiger partial charge in [0.2, 0.25) is 0 Å². The van der Waals surface area contributed by atoms with Crippen LogP contribution in [0.2, 0.25) is 0 Å². The smallest absolute Gasteiger partial charge is 0.310 e. The minimum Gasteiger partial charge on any atom is -0.466 e. The van der Waals surface area contributed by atoms with E-state index in [1.807, 2.05) is 6.92 Å². The molecule has 136 valence electrons. The highest BCUT2D eigenvalue weighted by Gasteiger charge is 2.28. The van der Waals surface area contributed by atoms with Crippen molar-refractivity contribution >= 4 is 47.2 Å². The van der Waals surface area contributed by atoms with Crippen LogP contribution in [0.25, 0.3) is 0 Å². The van der Waals surface area contributed by atoms with Crippen molar-refractivity contribution in [3.8, 4) is 0 Å². The van der Waals surface area contributed by atoms with E-state index in [0.29, 0.717) is 19.7 Å². The number of aryl methyl sites for hydroxylation is 1. The first-order valence-electron chi connectivity index (χ1n) is 8.23. The molecule has 0 aromatic carbocycles. The number of aliphatic imine (C=N–C) groups is 1. The summed E-state index contributed by atoms with van der Waals surface area (Å²) in [6.45, 7) is 6.62. The molecule has 0 spiro atoms. The molecule has 0 saturated carbocycles. The summed E-state index contributed by atoms with van der Waals surface area (Å²) in [7, 11) is 1.77. The lowest BCUT2D eigenvalue weighted by molar-refractivity contribution is -0.149. The van der Waals surface area contributed by atoms with Crippen LogP contribution in [0.4, 0.5) is 0 Å². The van der Waals surface area contributed by atoms with Crippen LogP contribution in [0.3, 0.4) is 0 Å². The number of carbonyl (C=O) groups is 1. The van der Waals surface area contributed by atoms with Gasteiger partial charge in [0.25, 0.3) is 0 Å². The fourth-order valence-electron chi connectivity index (χ4n) is 2.72. The first-order valence-corrected chi connectivity index (χ1v) is 9.11. The average Bonchev–Trinajstić information content (AvgIpc) is 3.04. The van der Waals surface area contributed by atoms with Crippen molar-refractivity contribution in [3.63, 3.8) is 0 Å². The van der Waals surface area contributed by atoms with Crippen molar-refractivity contribution in [1.29, 1.82) is 0 Å². The van der Waals surface area contributed by atoms with Crippen LogP contribution in [-0.2, 0) is 22.5 Å². The molecule has 24 heavy (non-hydrogen) atoms. The standard InChI is InChI=1S/C16H26N4O2S.HI/c1-4-14-19-13(11-23-14)9-18-16(17-3)20-8-6-7-12(10-20)15(21)22-5-2;/h11-12H,4-10H2,1-3H3,(H,17,18);1H. The topological polar surface area (TPSA) is 66.8 Å². The molecule has 1 N–H and O–H groups in total. The number of guanidine groups is 1. The first kappa shape index (κ1) is 21.1. The molecule has 2 heterocycles. The molecule has 2 rings (SSSR count). The lowest BCUT2D eigenvalue weighted by atomic mass is 9.98. The molecule has 6 nitrogen and oxygen atoms in total. The summed E-state index contributed by atoms with van der Waals surface area (Å²) in [5, 5.41) is 6.58. The van der Waals surface area contributed by atoms with Gasteiger partial charge in [-0.15, -0.1) is 35.3 Å². The van der Waals surface area contributed by atoms with Gasteiger partial charge in [-0.1, -0.05) is 6.92 Å². The minimum atomic E-state index is -0.0975. The number of hydrogen-bond acceptors (Lipinski definition) is 5. The Morgan fingerprint density at radius 3 is 2.96 bits per heavy atom. The zero-order valence-corrected chi connectivity index (χ0v) is 17.7. The average molecular weight is 466 g/mol. The Morgan fingerprint density at radius 1 is 1.54 bits per heavy atom. The zero-order valence-electron chi connectivity index (χ0n) is 14.6. The fraction of sp³-hybridized carbons (Fsp3) is 0.688. The molecule has 1 unspecified atom stereocenters. The molecule has 1 aromatic heterocycles. The van der Waals surface area contributed by atoms with Crippen molar-refractivity contribution in [2.75, 3.05) is 26.7 Å². The normalized spacial score (nSPS) is 18.0. The number of halogens is 1. The quantitative estimate of drug-likeness (QED) is 0.313. The number of ether oxygens (including phenoxy) is 1. The van der Waals surface area contributed by atoms with E-state index in [4.69, 9.17) is 4.74 Å². The van der Waals surface area contributed by atoms with E-state index < -0.39 is 0 Å². The van der Waals surface area contributed by atoms with E-state index in [0.717, 1.165) is 42.5 Å². The molecule has 1 aliphatic heterocycles. The molecule has 1 atom stereocenters. The van der Waals surface area contributed by atoms with Crippen molar-refractivity contribution in [1.82, 2.24) is 15.2 Å². The van der Waals surface area contributed by atoms with Gasteiger partial charge in [-0.25, -0.2) is 4.98 Å². The zero-order chi connectivity index (χ0) is 16.7. The van der Waals surface area contributed by atoms with Crippen LogP contribution >= 0.6 is 35.3 Å². The van der Waals surface area contributed by atoms with Crippen molar-refractivity contribution in [2.24, 2.45) is 10.9 Å². The maximum Gasteiger partial charge on any atom is 0.310 e. The summed E-state index contributed by atoms with van der Waals surface area (Å²) in [6, 6.07) is 0. The molecule has 8 heteroatoms. The predicted molar refractivity (Wildman–Crippen MR) is 108 cm³/mol. The summed E-state index contributed by atoms with van der Waals surface area (Å²) in [5.74, 6) is 0.665. The highest BCUT2D eigenvalue weighted by atomic mass is 127. The molecule has 0 amide bonds. The Kier molecular flexibility index (Phi) is 9.57. The molecule has 0 bridgehead atoms. The summed E-state index contributed by atoms with van der Waals surface area (Å²) in [6.07, 6.45) is 2.83. The van der Waals surface area contributed by atoms with Gasteiger partial charge in [0.15, 0.2) is 5.96 Å². The number of likely N-dealkylation sites (tertiary alicyclic amines) is 1. The molecule has 1 fully saturated rings. The van der Waals surface area contributed by atoms with Crippen LogP contribution in [-0.4, -0.2) is 48.6 Å². The highest BCUT2D eigenvalue weighted by molar-refractivity contribution is 14.0. The van der Waals surface area contributed by atoms with E-state index in [1.54, 1.807) is 18.4 Å². The Labute approximate surface area is 165 Å². The van der Waals surface area contributed by atoms with E-state index >= 15 is 0 Å². The second-order valence-electron chi connectivity index (χ2n) is 5.52. The lowest BCUT2D eigenvalue weighted by Crippen LogP contribution is -2.48. The van der Waals surface area contributed by atoms with Crippen LogP contribution in [0.1, 0.15) is 37.4 Å². The summed E-state index contributed by atoms with van der Waals surface area (Å²) < 4.78 is 5.15. The monoisotopic (exact) mass is 466 g/mol. The second kappa shape index (κ2) is 10.9. The molecular formula is C16H27IN4O2S. The van der Waals surface area contributed by atoms with Crippen LogP contribution in [0.5, 0.6) is 0 Å². The van der Waals surface area contributed by atoms with Gasteiger partial charge < -0.3 is 15.0 Å². The first-order chi connectivity index (χ1) is 11.2. The lowest BCUT2D eigenvalue weighted by Gasteiger charge is -2.33. The number of thiazole rings is 1. The summed E-state index contributed by atoms with van der Waals surface area (Å²) in [4.78, 5) is 23.0. The summed E-state index contributed by atoms with van der Waals surface area (Å²) in [5.41, 5.74) is 1.03. The van der Waals surface area contributed by atoms with Crippen LogP contribution in [0, 0.1) is 5.92 Å². The molecule has 1 aromatic rings. The number of carbonyl (C=O) groups excluding carboxylic acids is 1. The van der Waals surface area contributed by atoms with Crippen molar-refractivity contribution in [3.05, 3.63) is 16.1 Å². The molecular weight excluding hydrogens is 439 g/mol. The van der Waals surface area contributed by atoms with Crippen LogP contribution in [0.15, 0.2) is 10.4 Å². The van der Waals surface area contributed by atoms with Crippen molar-refractivity contribution < 1.29 is 9.53 Å². The number of hydrogen-bond donors (Lipinski definition) is 1. The van der Waals surface area contributed by atoms with Gasteiger partial charge in [-0.2, -0.15) is 0 Å². The van der Waals surface area contributed by atoms with Gasteiger partial charge in [0, 0.05) is 25.5 Å². The van der Waals surface area contributed by atoms with Crippen molar-refractivity contribution in [2.45, 2.75) is 39.7 Å². The minimum absolute atomic E-state index is 0. The van der Waals surface area contributed by atoms with Gasteiger partial charge >= 0.3 is 5.97 Å². The number of aromatic nitrogens is 1. The SMILES string of the molecule is CCOC(=O)C1CCCN(C(=NC)NCc2csc(CC)n2)C1.I. The Bertz CT molecular complexity index is 550. The van der Waals surface area contributed by atoms with Gasteiger partial charge in [0.1, 0.15) is 0 Å². The van der Waals surface area contributed by atoms with Gasteiger partial charge in [-0.3, -0.25) is 9.79 Å². The second-order valence-corrected chi connectivity index (χ2v) is 6.47. The maximum absolute atomic E-state index is 12.0. The molecule has 0 aliphatic carbocycles. The Balaban J connectivity index is 0.00000288. The number of nitrogens with zero attached hydrogens (tertiary/aromatic N) is 3. The van der Waals surface area contributed by atoms with E-state index in [1.165, 1.54) is 0 Å². The summed E-state index contributed by atoms with van der Waals surface area (Å²) >= 11 is 1.69. The third kappa shape index (κ3) is 5.87. The molecule has 1 saturated heterocycles. The third-order valence-electron chi connectivity index (χ3n) is 3.88. The number of rotatable bonds is 5. The third-order valence-corrected chi connectivity index (χ3v) is 4.92. The van der Waals surface area contributed by atoms with E-state index in [9.17, 15) is 4.79 Å². The Morgan fingerprint density at radius 2 is 2.33 bits per heavy atom. The van der Waals surface area contributed by atoms with Gasteiger partial charge in [-0.05, 0) is 26.2 Å². The Hall–Kier alpha value is -0.900. The largest absolute Gasteiger partial charge is 0.466 e. The van der Waals surface area contributed by atoms with Gasteiger partial charge in [0.05, 0.1) is 29.8 Å². The molecule has 0 radical (unpaired) electrons. The highest BCUT2D eigenvalue weighted by Crippen LogP contribution is 2.18. The predicted octanol–water partition coefficient (Wildman–Crippen LogP) is 2.67.